The molecule has 1 saturated heterocycles. The van der Waals surface area contributed by atoms with E-state index in [4.69, 9.17) is 9.47 Å². The van der Waals surface area contributed by atoms with Gasteiger partial charge in [-0.05, 0) is 5.56 Å². The van der Waals surface area contributed by atoms with Crippen LogP contribution in [0.15, 0.2) is 43.0 Å². The lowest BCUT2D eigenvalue weighted by Gasteiger charge is -2.10. The highest BCUT2D eigenvalue weighted by molar-refractivity contribution is 5.23. The summed E-state index contributed by atoms with van der Waals surface area (Å²) in [5, 5.41) is 0. The van der Waals surface area contributed by atoms with Gasteiger partial charge >= 0.3 is 0 Å². The van der Waals surface area contributed by atoms with Gasteiger partial charge in [0, 0.05) is 24.5 Å². The Bertz CT molecular complexity index is 459. The van der Waals surface area contributed by atoms with Crippen molar-refractivity contribution in [3.63, 3.8) is 0 Å². The molecule has 2 aromatic rings. The van der Waals surface area contributed by atoms with Crippen LogP contribution in [0.2, 0.25) is 0 Å². The number of hydrogen-bond acceptors (Lipinski definition) is 3. The van der Waals surface area contributed by atoms with Crippen LogP contribution in [-0.2, 0) is 16.0 Å². The first kappa shape index (κ1) is 10.5. The van der Waals surface area contributed by atoms with Crippen LogP contribution < -0.4 is 0 Å². The highest BCUT2D eigenvalue weighted by Gasteiger charge is 2.17. The topological polar surface area (TPSA) is 36.3 Å². The minimum absolute atomic E-state index is 0.183. The van der Waals surface area contributed by atoms with Gasteiger partial charge in [-0.2, -0.15) is 0 Å². The van der Waals surface area contributed by atoms with Crippen molar-refractivity contribution in [3.8, 4) is 0 Å². The van der Waals surface area contributed by atoms with Crippen LogP contribution in [0.5, 0.6) is 0 Å². The summed E-state index contributed by atoms with van der Waals surface area (Å²) in [6, 6.07) is 8.31. The smallest absolute Gasteiger partial charge is 0.184 e. The molecule has 1 aromatic heterocycles. The Morgan fingerprint density at radius 2 is 1.94 bits per heavy atom. The van der Waals surface area contributed by atoms with Crippen LogP contribution in [0.4, 0.5) is 0 Å². The molecular formula is C13H14N2O2. The Morgan fingerprint density at radius 3 is 2.59 bits per heavy atom. The first-order valence-electron chi connectivity index (χ1n) is 5.69. The van der Waals surface area contributed by atoms with Gasteiger partial charge in [-0.25, -0.2) is 4.98 Å². The normalized spacial score (nSPS) is 16.5. The maximum Gasteiger partial charge on any atom is 0.184 e. The Kier molecular flexibility index (Phi) is 2.90. The zero-order valence-electron chi connectivity index (χ0n) is 9.45. The second-order valence-corrected chi connectivity index (χ2v) is 4.05. The van der Waals surface area contributed by atoms with Crippen LogP contribution >= 0.6 is 0 Å². The molecule has 1 aromatic carbocycles. The second-order valence-electron chi connectivity index (χ2n) is 4.05. The molecule has 0 N–H and O–H groups in total. The van der Waals surface area contributed by atoms with E-state index in [1.54, 1.807) is 6.20 Å². The summed E-state index contributed by atoms with van der Waals surface area (Å²) in [6.45, 7) is 2.20. The van der Waals surface area contributed by atoms with Crippen molar-refractivity contribution in [1.82, 2.24) is 9.55 Å². The molecule has 0 bridgehead atoms. The molecule has 3 rings (SSSR count). The van der Waals surface area contributed by atoms with Gasteiger partial charge in [0.2, 0.25) is 0 Å². The molecule has 17 heavy (non-hydrogen) atoms. The van der Waals surface area contributed by atoms with Crippen molar-refractivity contribution in [1.29, 1.82) is 0 Å². The molecule has 1 aliphatic heterocycles. The molecule has 0 aliphatic carbocycles. The number of hydrogen-bond donors (Lipinski definition) is 0. The molecule has 0 spiro atoms. The molecule has 88 valence electrons. The van der Waals surface area contributed by atoms with Gasteiger partial charge in [-0.15, -0.1) is 0 Å². The molecular weight excluding hydrogens is 216 g/mol. The molecule has 2 heterocycles. The number of nitrogens with zero attached hydrogens (tertiary/aromatic N) is 2. The third-order valence-corrected chi connectivity index (χ3v) is 2.80. The fourth-order valence-corrected chi connectivity index (χ4v) is 1.92. The predicted octanol–water partition coefficient (Wildman–Crippen LogP) is 1.98. The molecule has 0 atom stereocenters. The average molecular weight is 230 g/mol. The van der Waals surface area contributed by atoms with Crippen LogP contribution in [0.25, 0.3) is 0 Å². The van der Waals surface area contributed by atoms with Crippen molar-refractivity contribution in [2.24, 2.45) is 0 Å². The van der Waals surface area contributed by atoms with Gasteiger partial charge < -0.3 is 14.0 Å². The van der Waals surface area contributed by atoms with E-state index in [0.29, 0.717) is 13.2 Å². The fourth-order valence-electron chi connectivity index (χ4n) is 1.92. The summed E-state index contributed by atoms with van der Waals surface area (Å²) >= 11 is 0. The fraction of sp³-hybridized carbons (Fsp3) is 0.308. The highest BCUT2D eigenvalue weighted by Crippen LogP contribution is 2.23. The molecule has 4 heteroatoms. The van der Waals surface area contributed by atoms with Gasteiger partial charge in [0.25, 0.3) is 0 Å². The van der Waals surface area contributed by atoms with Crippen LogP contribution in [0, 0.1) is 0 Å². The lowest BCUT2D eigenvalue weighted by molar-refractivity contribution is -0.0441. The van der Waals surface area contributed by atoms with Crippen LogP contribution in [0.3, 0.4) is 0 Å². The quantitative estimate of drug-likeness (QED) is 0.809. The molecule has 0 saturated carbocycles. The third-order valence-electron chi connectivity index (χ3n) is 2.80. The van der Waals surface area contributed by atoms with E-state index in [1.165, 1.54) is 5.56 Å². The number of benzene rings is 1. The molecule has 1 aliphatic rings. The van der Waals surface area contributed by atoms with Gasteiger partial charge in [0.05, 0.1) is 19.5 Å². The van der Waals surface area contributed by atoms with E-state index in [2.05, 4.69) is 29.2 Å². The molecule has 4 nitrogen and oxygen atoms in total. The van der Waals surface area contributed by atoms with Crippen molar-refractivity contribution in [2.75, 3.05) is 13.2 Å². The second kappa shape index (κ2) is 4.69. The summed E-state index contributed by atoms with van der Waals surface area (Å²) in [5.41, 5.74) is 2.32. The van der Waals surface area contributed by atoms with Crippen molar-refractivity contribution >= 4 is 0 Å². The van der Waals surface area contributed by atoms with E-state index in [9.17, 15) is 0 Å². The zero-order valence-corrected chi connectivity index (χ0v) is 9.45. The Morgan fingerprint density at radius 1 is 1.18 bits per heavy atom. The van der Waals surface area contributed by atoms with Gasteiger partial charge in [-0.1, -0.05) is 24.3 Å². The number of rotatable bonds is 3. The summed E-state index contributed by atoms with van der Waals surface area (Å²) in [7, 11) is 0. The monoisotopic (exact) mass is 230 g/mol. The SMILES string of the molecule is c1cn(Cc2ccc(C3OCCO3)cc2)cn1. The lowest BCUT2D eigenvalue weighted by Crippen LogP contribution is -2.00. The van der Waals surface area contributed by atoms with E-state index in [0.717, 1.165) is 12.1 Å². The van der Waals surface area contributed by atoms with Gasteiger partial charge in [0.1, 0.15) is 0 Å². The van der Waals surface area contributed by atoms with E-state index in [-0.39, 0.29) is 6.29 Å². The standard InChI is InChI=1S/C13H14N2O2/c1-3-12(13-16-7-8-17-13)4-2-11(1)9-15-6-5-14-10-15/h1-6,10,13H,7-9H2. The number of imidazole rings is 1. The lowest BCUT2D eigenvalue weighted by atomic mass is 10.1. The van der Waals surface area contributed by atoms with Gasteiger partial charge in [-0.3, -0.25) is 0 Å². The van der Waals surface area contributed by atoms with Gasteiger partial charge in [0.15, 0.2) is 6.29 Å². The predicted molar refractivity (Wildman–Crippen MR) is 62.4 cm³/mol. The minimum atomic E-state index is -0.183. The maximum absolute atomic E-state index is 5.45. The maximum atomic E-state index is 5.45. The molecule has 1 fully saturated rings. The van der Waals surface area contributed by atoms with Crippen molar-refractivity contribution in [2.45, 2.75) is 12.8 Å². The zero-order chi connectivity index (χ0) is 11.5. The van der Waals surface area contributed by atoms with Crippen LogP contribution in [0.1, 0.15) is 17.4 Å². The highest BCUT2D eigenvalue weighted by atomic mass is 16.7. The summed E-state index contributed by atoms with van der Waals surface area (Å²) in [6.07, 6.45) is 5.38. The molecule has 0 radical (unpaired) electrons. The van der Waals surface area contributed by atoms with E-state index < -0.39 is 0 Å². The summed E-state index contributed by atoms with van der Waals surface area (Å²) in [4.78, 5) is 4.02. The number of ether oxygens (including phenoxy) is 2. The molecule has 0 amide bonds. The first-order chi connectivity index (χ1) is 8.42. The summed E-state index contributed by atoms with van der Waals surface area (Å²) < 4.78 is 12.9. The minimum Gasteiger partial charge on any atom is -0.346 e. The number of aromatic nitrogens is 2. The third kappa shape index (κ3) is 2.38. The Balaban J connectivity index is 1.71. The average Bonchev–Trinajstić information content (AvgIpc) is 3.01. The largest absolute Gasteiger partial charge is 0.346 e. The van der Waals surface area contributed by atoms with Crippen molar-refractivity contribution in [3.05, 3.63) is 54.1 Å². The Labute approximate surface area is 99.8 Å². The first-order valence-corrected chi connectivity index (χ1v) is 5.69. The van der Waals surface area contributed by atoms with Crippen molar-refractivity contribution < 1.29 is 9.47 Å². The van der Waals surface area contributed by atoms with Crippen LogP contribution in [-0.4, -0.2) is 22.8 Å². The van der Waals surface area contributed by atoms with E-state index >= 15 is 0 Å². The van der Waals surface area contributed by atoms with E-state index in [1.807, 2.05) is 17.1 Å². The summed E-state index contributed by atoms with van der Waals surface area (Å²) in [5.74, 6) is 0. The Hall–Kier alpha value is -1.65. The molecule has 0 unspecified atom stereocenters.